The van der Waals surface area contributed by atoms with Gasteiger partial charge in [-0.2, -0.15) is 13.2 Å². The van der Waals surface area contributed by atoms with Crippen LogP contribution in [0.3, 0.4) is 0 Å². The molecule has 0 aliphatic rings. The van der Waals surface area contributed by atoms with Crippen molar-refractivity contribution in [2.24, 2.45) is 10.7 Å². The molecule has 0 fully saturated rings. The highest BCUT2D eigenvalue weighted by atomic mass is 19.4. The van der Waals surface area contributed by atoms with Gasteiger partial charge >= 0.3 is 6.18 Å². The molecule has 0 spiro atoms. The first-order valence-corrected chi connectivity index (χ1v) is 10.4. The maximum absolute atomic E-state index is 13.6. The average molecular weight is 479 g/mol. The predicted octanol–water partition coefficient (Wildman–Crippen LogP) is 4.98. The van der Waals surface area contributed by atoms with Crippen LogP contribution >= 0.6 is 0 Å². The molecule has 2 aromatic carbocycles. The molecule has 2 aromatic heterocycles. The third-order valence-electron chi connectivity index (χ3n) is 5.21. The van der Waals surface area contributed by atoms with Crippen LogP contribution in [0.25, 0.3) is 22.6 Å². The van der Waals surface area contributed by atoms with Crippen LogP contribution in [0.2, 0.25) is 0 Å². The fraction of sp³-hybridized carbons (Fsp3) is 0.0800. The summed E-state index contributed by atoms with van der Waals surface area (Å²) in [4.78, 5) is 21.5. The molecule has 10 heteroatoms. The Morgan fingerprint density at radius 2 is 1.83 bits per heavy atom. The van der Waals surface area contributed by atoms with Gasteiger partial charge in [0.05, 0.1) is 11.1 Å². The van der Waals surface area contributed by atoms with E-state index in [1.165, 1.54) is 19.3 Å². The van der Waals surface area contributed by atoms with Crippen molar-refractivity contribution in [1.29, 1.82) is 0 Å². The van der Waals surface area contributed by atoms with E-state index >= 15 is 0 Å². The third-order valence-corrected chi connectivity index (χ3v) is 5.21. The number of fused-ring (bicyclic) bond motifs is 1. The highest BCUT2D eigenvalue weighted by Gasteiger charge is 2.36. The Kier molecular flexibility index (Phi) is 6.28. The van der Waals surface area contributed by atoms with Crippen molar-refractivity contribution in [3.8, 4) is 17.0 Å². The molecule has 4 aromatic rings. The van der Waals surface area contributed by atoms with Gasteiger partial charge in [0.1, 0.15) is 22.9 Å². The summed E-state index contributed by atoms with van der Waals surface area (Å²) >= 11 is 0. The lowest BCUT2D eigenvalue weighted by Gasteiger charge is -2.16. The van der Waals surface area contributed by atoms with E-state index in [9.17, 15) is 23.1 Å². The molecule has 0 aliphatic heterocycles. The van der Waals surface area contributed by atoms with Crippen LogP contribution in [0.4, 0.5) is 19.0 Å². The summed E-state index contributed by atoms with van der Waals surface area (Å²) < 4.78 is 42.5. The molecule has 0 atom stereocenters. The van der Waals surface area contributed by atoms with Gasteiger partial charge in [-0.05, 0) is 30.3 Å². The second-order valence-electron chi connectivity index (χ2n) is 7.50. The summed E-state index contributed by atoms with van der Waals surface area (Å²) in [5, 5.41) is 13.1. The molecule has 35 heavy (non-hydrogen) atoms. The average Bonchev–Trinajstić information content (AvgIpc) is 3.20. The highest BCUT2D eigenvalue weighted by molar-refractivity contribution is 6.08. The Morgan fingerprint density at radius 1 is 1.11 bits per heavy atom. The minimum atomic E-state index is -4.81. The lowest BCUT2D eigenvalue weighted by Crippen LogP contribution is -2.17. The molecule has 0 saturated heterocycles. The number of phenolic OH excluding ortho intramolecular Hbond substituents is 1. The number of aromatic hydroxyl groups is 1. The van der Waals surface area contributed by atoms with Crippen LogP contribution in [0, 0.1) is 0 Å². The van der Waals surface area contributed by atoms with E-state index in [2.05, 4.69) is 15.3 Å². The maximum atomic E-state index is 13.6. The molecule has 0 bridgehead atoms. The number of hydrogen-bond donors (Lipinski definition) is 3. The number of aromatic nitrogens is 2. The molecule has 7 nitrogen and oxygen atoms in total. The number of nitrogens with zero attached hydrogens (tertiary/aromatic N) is 3. The molecule has 178 valence electrons. The number of hydrogen-bond acceptors (Lipinski definition) is 5. The minimum Gasteiger partial charge on any atom is -0.507 e. The standard InChI is InChI=1S/C25H20F3N5O2/c1-30-11-10-19(29)16-13-17(20(34)14-18(16)25(26,27)28)24(35)32-23-22(15-7-3-2-4-8-15)31-21-9-5-6-12-33(21)23/h2-14,34H,29H2,1H3,(H,32,35). The Labute approximate surface area is 198 Å². The van der Waals surface area contributed by atoms with Crippen molar-refractivity contribution in [2.45, 2.75) is 6.18 Å². The smallest absolute Gasteiger partial charge is 0.417 e. The second kappa shape index (κ2) is 9.34. The number of phenols is 1. The SMILES string of the molecule is CN=CC=C(N)c1cc(C(=O)Nc2c(-c3ccccc3)nc3ccccn23)c(O)cc1C(F)(F)F. The topological polar surface area (TPSA) is 105 Å². The monoisotopic (exact) mass is 479 g/mol. The molecule has 0 aliphatic carbocycles. The predicted molar refractivity (Wildman–Crippen MR) is 128 cm³/mol. The van der Waals surface area contributed by atoms with Gasteiger partial charge in [-0.25, -0.2) is 4.98 Å². The third kappa shape index (κ3) is 4.72. The van der Waals surface area contributed by atoms with E-state index in [1.54, 1.807) is 28.8 Å². The van der Waals surface area contributed by atoms with Crippen LogP contribution in [-0.4, -0.2) is 33.7 Å². The van der Waals surface area contributed by atoms with Crippen LogP contribution in [0.1, 0.15) is 21.5 Å². The van der Waals surface area contributed by atoms with Gasteiger partial charge in [0.25, 0.3) is 5.91 Å². The van der Waals surface area contributed by atoms with Crippen molar-refractivity contribution in [3.63, 3.8) is 0 Å². The maximum Gasteiger partial charge on any atom is 0.417 e. The molecular weight excluding hydrogens is 459 g/mol. The fourth-order valence-electron chi connectivity index (χ4n) is 3.58. The van der Waals surface area contributed by atoms with Gasteiger partial charge in [-0.15, -0.1) is 0 Å². The Morgan fingerprint density at radius 3 is 2.51 bits per heavy atom. The first-order valence-electron chi connectivity index (χ1n) is 10.4. The van der Waals surface area contributed by atoms with Gasteiger partial charge < -0.3 is 16.2 Å². The molecule has 1 amide bonds. The number of allylic oxidation sites excluding steroid dienone is 1. The van der Waals surface area contributed by atoms with Crippen molar-refractivity contribution >= 4 is 29.3 Å². The number of amides is 1. The number of imidazole rings is 1. The van der Waals surface area contributed by atoms with E-state index in [1.807, 2.05) is 30.3 Å². The number of anilines is 1. The number of aliphatic imine (C=N–C) groups is 1. The van der Waals surface area contributed by atoms with Gasteiger partial charge in [0.15, 0.2) is 0 Å². The first-order chi connectivity index (χ1) is 16.7. The number of pyridine rings is 1. The van der Waals surface area contributed by atoms with Gasteiger partial charge in [0, 0.05) is 36.3 Å². The zero-order valence-corrected chi connectivity index (χ0v) is 18.4. The number of rotatable bonds is 5. The number of nitrogens with one attached hydrogen (secondary N) is 1. The molecule has 4 N–H and O–H groups in total. The fourth-order valence-corrected chi connectivity index (χ4v) is 3.58. The van der Waals surface area contributed by atoms with E-state index < -0.39 is 29.0 Å². The van der Waals surface area contributed by atoms with E-state index in [0.717, 1.165) is 11.6 Å². The van der Waals surface area contributed by atoms with Crippen LogP contribution in [0.15, 0.2) is 77.9 Å². The summed E-state index contributed by atoms with van der Waals surface area (Å²) in [6, 6.07) is 15.8. The summed E-state index contributed by atoms with van der Waals surface area (Å²) in [5.74, 6) is -1.39. The Balaban J connectivity index is 1.83. The van der Waals surface area contributed by atoms with E-state index in [0.29, 0.717) is 23.2 Å². The lowest BCUT2D eigenvalue weighted by atomic mass is 9.99. The molecule has 0 saturated carbocycles. The second-order valence-corrected chi connectivity index (χ2v) is 7.50. The van der Waals surface area contributed by atoms with E-state index in [-0.39, 0.29) is 11.3 Å². The van der Waals surface area contributed by atoms with Crippen molar-refractivity contribution < 1.29 is 23.1 Å². The highest BCUT2D eigenvalue weighted by Crippen LogP contribution is 2.38. The van der Waals surface area contributed by atoms with Crippen molar-refractivity contribution in [2.75, 3.05) is 12.4 Å². The molecule has 4 rings (SSSR count). The molecular formula is C25H20F3N5O2. The zero-order valence-electron chi connectivity index (χ0n) is 18.4. The molecule has 0 unspecified atom stereocenters. The molecule has 2 heterocycles. The van der Waals surface area contributed by atoms with Crippen molar-refractivity contribution in [1.82, 2.24) is 9.38 Å². The number of halogens is 3. The Hall–Kier alpha value is -4.60. The number of carbonyl (C=O) groups is 1. The number of nitrogens with two attached hydrogens (primary N) is 1. The van der Waals surface area contributed by atoms with Gasteiger partial charge in [0.2, 0.25) is 0 Å². The summed E-state index contributed by atoms with van der Waals surface area (Å²) in [5.41, 5.74) is 5.28. The normalized spacial score (nSPS) is 12.4. The zero-order chi connectivity index (χ0) is 25.2. The Bertz CT molecular complexity index is 1460. The number of alkyl halides is 3. The summed E-state index contributed by atoms with van der Waals surface area (Å²) in [6.45, 7) is 0. The quantitative estimate of drug-likeness (QED) is 0.351. The number of carbonyl (C=O) groups excluding carboxylic acids is 1. The molecule has 0 radical (unpaired) electrons. The largest absolute Gasteiger partial charge is 0.507 e. The van der Waals surface area contributed by atoms with Gasteiger partial charge in [-0.1, -0.05) is 36.4 Å². The number of benzene rings is 2. The first kappa shape index (κ1) is 23.6. The van der Waals surface area contributed by atoms with E-state index in [4.69, 9.17) is 5.73 Å². The van der Waals surface area contributed by atoms with Crippen LogP contribution in [-0.2, 0) is 6.18 Å². The minimum absolute atomic E-state index is 0.267. The summed E-state index contributed by atoms with van der Waals surface area (Å²) in [6.07, 6.45) is -0.715. The van der Waals surface area contributed by atoms with Crippen molar-refractivity contribution in [3.05, 3.63) is 89.6 Å². The lowest BCUT2D eigenvalue weighted by molar-refractivity contribution is -0.137. The summed E-state index contributed by atoms with van der Waals surface area (Å²) in [7, 11) is 1.43. The van der Waals surface area contributed by atoms with Gasteiger partial charge in [-0.3, -0.25) is 14.2 Å². The van der Waals surface area contributed by atoms with Crippen LogP contribution < -0.4 is 11.1 Å². The van der Waals surface area contributed by atoms with Crippen LogP contribution in [0.5, 0.6) is 5.75 Å².